The number of H-pyrrole nitrogens is 1. The van der Waals surface area contributed by atoms with Crippen molar-refractivity contribution in [2.75, 3.05) is 6.61 Å². The second kappa shape index (κ2) is 8.38. The molecular weight excluding hydrogens is 468 g/mol. The van der Waals surface area contributed by atoms with Gasteiger partial charge < -0.3 is 14.4 Å². The predicted octanol–water partition coefficient (Wildman–Crippen LogP) is 5.11. The lowest BCUT2D eigenvalue weighted by Gasteiger charge is -2.36. The van der Waals surface area contributed by atoms with Crippen LogP contribution in [0.5, 0.6) is 0 Å². The molecule has 1 aliphatic rings. The number of rotatable bonds is 5. The number of aliphatic carboxylic acids is 1. The highest BCUT2D eigenvalue weighted by atomic mass is 19.2. The molecule has 1 fully saturated rings. The number of fused-ring (bicyclic) bond motifs is 2. The number of nitrogens with zero attached hydrogens (tertiary/aromatic N) is 4. The minimum absolute atomic E-state index is 0.137. The monoisotopic (exact) mass is 493 g/mol. The minimum atomic E-state index is -1.29. The number of hydrogen-bond donors (Lipinski definition) is 2. The molecule has 0 spiro atoms. The number of hydrogen-bond acceptors (Lipinski definition) is 5. The van der Waals surface area contributed by atoms with Crippen molar-refractivity contribution in [2.45, 2.75) is 57.0 Å². The maximum absolute atomic E-state index is 14.4. The first-order valence-electron chi connectivity index (χ1n) is 11.6. The van der Waals surface area contributed by atoms with Gasteiger partial charge in [0.2, 0.25) is 0 Å². The van der Waals surface area contributed by atoms with Crippen molar-refractivity contribution in [1.29, 1.82) is 5.26 Å². The molecule has 2 atom stereocenters. The van der Waals surface area contributed by atoms with E-state index in [2.05, 4.69) is 16.3 Å². The molecule has 186 valence electrons. The van der Waals surface area contributed by atoms with Gasteiger partial charge in [-0.2, -0.15) is 10.4 Å². The predicted molar refractivity (Wildman–Crippen MR) is 128 cm³/mol. The van der Waals surface area contributed by atoms with E-state index >= 15 is 0 Å². The second-order valence-corrected chi connectivity index (χ2v) is 10.2. The van der Waals surface area contributed by atoms with Gasteiger partial charge in [-0.25, -0.2) is 18.6 Å². The van der Waals surface area contributed by atoms with Gasteiger partial charge in [-0.3, -0.25) is 5.10 Å². The summed E-state index contributed by atoms with van der Waals surface area (Å²) in [5.41, 5.74) is 1.74. The first kappa shape index (κ1) is 23.9. The van der Waals surface area contributed by atoms with Crippen LogP contribution in [0.4, 0.5) is 8.78 Å². The average Bonchev–Trinajstić information content (AvgIpc) is 3.42. The molecule has 0 radical (unpaired) electrons. The normalized spacial score (nSPS) is 20.6. The number of halogens is 2. The number of aromatic amines is 1. The van der Waals surface area contributed by atoms with Gasteiger partial charge in [0, 0.05) is 46.2 Å². The number of carboxylic acids is 1. The van der Waals surface area contributed by atoms with E-state index in [0.29, 0.717) is 28.8 Å². The van der Waals surface area contributed by atoms with E-state index in [1.165, 1.54) is 6.07 Å². The van der Waals surface area contributed by atoms with Gasteiger partial charge in [0.05, 0.1) is 29.9 Å². The fraction of sp³-hybridized carbons (Fsp3) is 0.385. The molecule has 10 heteroatoms. The van der Waals surface area contributed by atoms with Gasteiger partial charge in [0.25, 0.3) is 0 Å². The molecule has 4 aromatic rings. The third-order valence-electron chi connectivity index (χ3n) is 7.14. The van der Waals surface area contributed by atoms with Gasteiger partial charge in [0.1, 0.15) is 0 Å². The van der Waals surface area contributed by atoms with E-state index in [0.717, 1.165) is 28.8 Å². The molecule has 0 aliphatic carbocycles. The number of nitriles is 1. The summed E-state index contributed by atoms with van der Waals surface area (Å²) in [6.07, 6.45) is 2.58. The van der Waals surface area contributed by atoms with Gasteiger partial charge >= 0.3 is 5.97 Å². The molecular formula is C26H25F2N5O3. The van der Waals surface area contributed by atoms with Crippen molar-refractivity contribution >= 4 is 28.0 Å². The van der Waals surface area contributed by atoms with Gasteiger partial charge in [-0.15, -0.1) is 0 Å². The third kappa shape index (κ3) is 3.71. The van der Waals surface area contributed by atoms with Gasteiger partial charge in [-0.1, -0.05) is 13.8 Å². The highest BCUT2D eigenvalue weighted by Crippen LogP contribution is 2.45. The summed E-state index contributed by atoms with van der Waals surface area (Å²) in [5, 5.41) is 27.0. The second-order valence-electron chi connectivity index (χ2n) is 10.2. The Morgan fingerprint density at radius 2 is 2.14 bits per heavy atom. The molecule has 8 nitrogen and oxygen atoms in total. The molecule has 1 aromatic carbocycles. The molecule has 5 rings (SSSR count). The summed E-state index contributed by atoms with van der Waals surface area (Å²) >= 11 is 0. The fourth-order valence-electron chi connectivity index (χ4n) is 5.10. The first-order chi connectivity index (χ1) is 17.1. The molecule has 36 heavy (non-hydrogen) atoms. The summed E-state index contributed by atoms with van der Waals surface area (Å²) in [6, 6.07) is 7.81. The lowest BCUT2D eigenvalue weighted by molar-refractivity contribution is -0.170. The lowest BCUT2D eigenvalue weighted by Crippen LogP contribution is -2.43. The number of pyridine rings is 1. The zero-order valence-corrected chi connectivity index (χ0v) is 20.1. The van der Waals surface area contributed by atoms with Crippen LogP contribution >= 0.6 is 0 Å². The Hall–Kier alpha value is -3.84. The summed E-state index contributed by atoms with van der Waals surface area (Å²) < 4.78 is 36.0. The summed E-state index contributed by atoms with van der Waals surface area (Å²) in [4.78, 5) is 16.6. The van der Waals surface area contributed by atoms with Crippen LogP contribution in [0.3, 0.4) is 0 Å². The molecule has 0 saturated carbocycles. The van der Waals surface area contributed by atoms with E-state index in [4.69, 9.17) is 9.72 Å². The number of aromatic nitrogens is 4. The van der Waals surface area contributed by atoms with Crippen LogP contribution < -0.4 is 0 Å². The van der Waals surface area contributed by atoms with Crippen molar-refractivity contribution in [3.8, 4) is 11.8 Å². The Labute approximate surface area is 205 Å². The van der Waals surface area contributed by atoms with Crippen molar-refractivity contribution in [3.63, 3.8) is 0 Å². The van der Waals surface area contributed by atoms with Crippen LogP contribution in [0.1, 0.15) is 57.2 Å². The third-order valence-corrected chi connectivity index (χ3v) is 7.14. The van der Waals surface area contributed by atoms with E-state index in [1.54, 1.807) is 13.1 Å². The molecule has 1 saturated heterocycles. The maximum atomic E-state index is 14.4. The number of benzene rings is 1. The fourth-order valence-corrected chi connectivity index (χ4v) is 5.10. The van der Waals surface area contributed by atoms with E-state index in [-0.39, 0.29) is 25.4 Å². The largest absolute Gasteiger partial charge is 0.479 e. The highest BCUT2D eigenvalue weighted by Gasteiger charge is 2.42. The molecule has 0 amide bonds. The molecule has 1 aliphatic heterocycles. The number of carboxylic acid groups (broad SMARTS) is 1. The topological polar surface area (TPSA) is 117 Å². The van der Waals surface area contributed by atoms with Crippen LogP contribution in [-0.2, 0) is 14.9 Å². The van der Waals surface area contributed by atoms with Crippen LogP contribution in [-0.4, -0.2) is 43.0 Å². The number of ether oxygens (including phenoxy) is 1. The smallest absolute Gasteiger partial charge is 0.335 e. The van der Waals surface area contributed by atoms with E-state index in [9.17, 15) is 23.9 Å². The molecule has 2 unspecified atom stereocenters. The Kier molecular flexibility index (Phi) is 5.56. The SMILES string of the molecule is CC1(C(=O)O)CCC(c2c(C(C)(C)CC#N)n(-c3ccc(F)c(F)c3)c3cc4cn[nH]c4nc23)CO1. The minimum Gasteiger partial charge on any atom is -0.479 e. The van der Waals surface area contributed by atoms with E-state index in [1.807, 2.05) is 24.5 Å². The molecule has 3 aromatic heterocycles. The van der Waals surface area contributed by atoms with Gasteiger partial charge in [0.15, 0.2) is 22.9 Å². The molecule has 2 N–H and O–H groups in total. The van der Waals surface area contributed by atoms with Gasteiger partial charge in [-0.05, 0) is 38.0 Å². The van der Waals surface area contributed by atoms with Crippen LogP contribution in [0.2, 0.25) is 0 Å². The zero-order valence-electron chi connectivity index (χ0n) is 20.1. The highest BCUT2D eigenvalue weighted by molar-refractivity contribution is 5.94. The van der Waals surface area contributed by atoms with Crippen molar-refractivity contribution in [2.24, 2.45) is 0 Å². The Morgan fingerprint density at radius 1 is 1.36 bits per heavy atom. The van der Waals surface area contributed by atoms with Crippen LogP contribution in [0.25, 0.3) is 27.8 Å². The standard InChI is InChI=1S/C26H25F2N5O3/c1-25(2,8-9-29)22-20(14-6-7-26(3,24(34)35)36-13-14)21-19(10-15-12-30-32-23(15)31-21)33(22)16-4-5-17(27)18(28)11-16/h4-5,10-12,14H,6-8,13H2,1-3H3,(H,34,35)(H,30,31,32). The van der Waals surface area contributed by atoms with Crippen molar-refractivity contribution in [1.82, 2.24) is 19.7 Å². The Morgan fingerprint density at radius 3 is 2.78 bits per heavy atom. The summed E-state index contributed by atoms with van der Waals surface area (Å²) in [5.74, 6) is -3.20. The Balaban J connectivity index is 1.83. The van der Waals surface area contributed by atoms with Crippen molar-refractivity contribution < 1.29 is 23.4 Å². The molecule has 0 bridgehead atoms. The number of nitrogens with one attached hydrogen (secondary N) is 1. The Bertz CT molecular complexity index is 1540. The zero-order chi connectivity index (χ0) is 25.8. The van der Waals surface area contributed by atoms with Crippen LogP contribution in [0, 0.1) is 23.0 Å². The van der Waals surface area contributed by atoms with Crippen molar-refractivity contribution in [3.05, 3.63) is 53.4 Å². The molecule has 4 heterocycles. The van der Waals surface area contributed by atoms with E-state index < -0.39 is 28.6 Å². The maximum Gasteiger partial charge on any atom is 0.335 e. The average molecular weight is 494 g/mol. The first-order valence-corrected chi connectivity index (χ1v) is 11.6. The quantitative estimate of drug-likeness (QED) is 0.399. The summed E-state index contributed by atoms with van der Waals surface area (Å²) in [7, 11) is 0. The van der Waals surface area contributed by atoms with Crippen LogP contribution in [0.15, 0.2) is 30.5 Å². The lowest BCUT2D eigenvalue weighted by atomic mass is 9.78. The number of carbonyl (C=O) groups is 1. The summed E-state index contributed by atoms with van der Waals surface area (Å²) in [6.45, 7) is 5.53.